The molecule has 0 aliphatic heterocycles. The highest BCUT2D eigenvalue weighted by Crippen LogP contribution is 2.27. The minimum atomic E-state index is -0.277. The molecule has 0 spiro atoms. The van der Waals surface area contributed by atoms with Crippen molar-refractivity contribution < 1.29 is 9.13 Å². The summed E-state index contributed by atoms with van der Waals surface area (Å²) < 4.78 is 18.9. The highest BCUT2D eigenvalue weighted by atomic mass is 79.9. The first kappa shape index (κ1) is 14.8. The maximum atomic E-state index is 13.1. The summed E-state index contributed by atoms with van der Waals surface area (Å²) in [4.78, 5) is 0. The van der Waals surface area contributed by atoms with Crippen molar-refractivity contribution in [3.63, 3.8) is 0 Å². The van der Waals surface area contributed by atoms with Gasteiger partial charge in [-0.3, -0.25) is 0 Å². The zero-order valence-corrected chi connectivity index (χ0v) is 12.7. The van der Waals surface area contributed by atoms with Crippen molar-refractivity contribution in [1.29, 1.82) is 0 Å². The van der Waals surface area contributed by atoms with Gasteiger partial charge in [-0.2, -0.15) is 0 Å². The number of hydrogen-bond acceptors (Lipinski definition) is 3. The van der Waals surface area contributed by atoms with Crippen LogP contribution < -0.4 is 15.8 Å². The SMILES string of the molecule is COc1ccc(NC(CN)c2ccc(F)cc2Br)cc1. The molecule has 106 valence electrons. The Balaban J connectivity index is 2.19. The van der Waals surface area contributed by atoms with Crippen LogP contribution >= 0.6 is 15.9 Å². The number of nitrogens with two attached hydrogens (primary N) is 1. The Morgan fingerprint density at radius 1 is 1.25 bits per heavy atom. The van der Waals surface area contributed by atoms with Crippen LogP contribution in [0.25, 0.3) is 0 Å². The molecule has 0 aliphatic carbocycles. The van der Waals surface area contributed by atoms with Crippen molar-refractivity contribution in [2.24, 2.45) is 5.73 Å². The van der Waals surface area contributed by atoms with E-state index >= 15 is 0 Å². The molecule has 0 radical (unpaired) electrons. The summed E-state index contributed by atoms with van der Waals surface area (Å²) >= 11 is 3.37. The van der Waals surface area contributed by atoms with E-state index in [-0.39, 0.29) is 11.9 Å². The number of methoxy groups -OCH3 is 1. The van der Waals surface area contributed by atoms with E-state index in [9.17, 15) is 4.39 Å². The predicted octanol–water partition coefficient (Wildman–Crippen LogP) is 3.71. The van der Waals surface area contributed by atoms with E-state index in [4.69, 9.17) is 10.5 Å². The number of ether oxygens (including phenoxy) is 1. The Morgan fingerprint density at radius 3 is 2.50 bits per heavy atom. The van der Waals surface area contributed by atoms with E-state index in [0.717, 1.165) is 17.0 Å². The number of halogens is 2. The van der Waals surface area contributed by atoms with Crippen LogP contribution in [0.3, 0.4) is 0 Å². The molecule has 2 aromatic carbocycles. The minimum Gasteiger partial charge on any atom is -0.497 e. The summed E-state index contributed by atoms with van der Waals surface area (Å²) in [6.07, 6.45) is 0. The Labute approximate surface area is 126 Å². The number of hydrogen-bond donors (Lipinski definition) is 2. The predicted molar refractivity (Wildman–Crippen MR) is 82.5 cm³/mol. The molecule has 3 nitrogen and oxygen atoms in total. The third kappa shape index (κ3) is 3.49. The highest BCUT2D eigenvalue weighted by molar-refractivity contribution is 9.10. The zero-order valence-electron chi connectivity index (χ0n) is 11.1. The smallest absolute Gasteiger partial charge is 0.124 e. The van der Waals surface area contributed by atoms with Gasteiger partial charge in [0.2, 0.25) is 0 Å². The summed E-state index contributed by atoms with van der Waals surface area (Å²) in [5.41, 5.74) is 7.66. The van der Waals surface area contributed by atoms with Crippen LogP contribution in [0.5, 0.6) is 5.75 Å². The number of rotatable bonds is 5. The molecule has 0 saturated heterocycles. The number of benzene rings is 2. The molecular weight excluding hydrogens is 323 g/mol. The van der Waals surface area contributed by atoms with Crippen LogP contribution in [0.1, 0.15) is 11.6 Å². The second-order valence-corrected chi connectivity index (χ2v) is 5.18. The lowest BCUT2D eigenvalue weighted by atomic mass is 10.1. The average molecular weight is 339 g/mol. The average Bonchev–Trinajstić information content (AvgIpc) is 2.46. The van der Waals surface area contributed by atoms with Gasteiger partial charge in [0.15, 0.2) is 0 Å². The topological polar surface area (TPSA) is 47.3 Å². The van der Waals surface area contributed by atoms with Gasteiger partial charge in [0.1, 0.15) is 11.6 Å². The van der Waals surface area contributed by atoms with Gasteiger partial charge in [-0.25, -0.2) is 4.39 Å². The van der Waals surface area contributed by atoms with Crippen LogP contribution in [0, 0.1) is 5.82 Å². The fourth-order valence-electron chi connectivity index (χ4n) is 1.94. The monoisotopic (exact) mass is 338 g/mol. The molecule has 20 heavy (non-hydrogen) atoms. The molecule has 0 bridgehead atoms. The van der Waals surface area contributed by atoms with Crippen LogP contribution in [0.2, 0.25) is 0 Å². The molecule has 5 heteroatoms. The van der Waals surface area contributed by atoms with E-state index in [0.29, 0.717) is 11.0 Å². The van der Waals surface area contributed by atoms with E-state index in [2.05, 4.69) is 21.2 Å². The fraction of sp³-hybridized carbons (Fsp3) is 0.200. The maximum Gasteiger partial charge on any atom is 0.124 e. The molecule has 2 aromatic rings. The quantitative estimate of drug-likeness (QED) is 0.873. The number of nitrogens with one attached hydrogen (secondary N) is 1. The standard InChI is InChI=1S/C15H16BrFN2O/c1-20-12-5-3-11(4-6-12)19-15(9-18)13-7-2-10(17)8-14(13)16/h2-8,15,19H,9,18H2,1H3. The van der Waals surface area contributed by atoms with Crippen LogP contribution in [0.4, 0.5) is 10.1 Å². The molecule has 0 aromatic heterocycles. The van der Waals surface area contributed by atoms with E-state index in [1.165, 1.54) is 12.1 Å². The van der Waals surface area contributed by atoms with Gasteiger partial charge >= 0.3 is 0 Å². The maximum absolute atomic E-state index is 13.1. The summed E-state index contributed by atoms with van der Waals surface area (Å²) in [5, 5.41) is 3.32. The Morgan fingerprint density at radius 2 is 1.95 bits per heavy atom. The normalized spacial score (nSPS) is 12.0. The summed E-state index contributed by atoms with van der Waals surface area (Å²) in [5.74, 6) is 0.517. The molecule has 3 N–H and O–H groups in total. The van der Waals surface area contributed by atoms with Crippen LogP contribution in [0.15, 0.2) is 46.9 Å². The molecule has 0 aliphatic rings. The first-order valence-corrected chi connectivity index (χ1v) is 6.99. The lowest BCUT2D eigenvalue weighted by Gasteiger charge is -2.20. The third-order valence-corrected chi connectivity index (χ3v) is 3.69. The molecule has 1 unspecified atom stereocenters. The van der Waals surface area contributed by atoms with Gasteiger partial charge in [-0.05, 0) is 42.0 Å². The molecule has 1 atom stereocenters. The van der Waals surface area contributed by atoms with Gasteiger partial charge in [0.05, 0.1) is 13.2 Å². The lowest BCUT2D eigenvalue weighted by molar-refractivity contribution is 0.415. The van der Waals surface area contributed by atoms with Crippen molar-refractivity contribution in [2.75, 3.05) is 19.0 Å². The van der Waals surface area contributed by atoms with Gasteiger partial charge in [-0.15, -0.1) is 0 Å². The Hall–Kier alpha value is -1.59. The summed E-state index contributed by atoms with van der Waals surface area (Å²) in [7, 11) is 1.63. The molecule has 0 saturated carbocycles. The Kier molecular flexibility index (Phi) is 4.98. The second kappa shape index (κ2) is 6.72. The lowest BCUT2D eigenvalue weighted by Crippen LogP contribution is -2.21. The summed E-state index contributed by atoms with van der Waals surface area (Å²) in [6, 6.07) is 12.1. The summed E-state index contributed by atoms with van der Waals surface area (Å²) in [6.45, 7) is 0.399. The van der Waals surface area contributed by atoms with Crippen molar-refractivity contribution in [3.8, 4) is 5.75 Å². The first-order valence-electron chi connectivity index (χ1n) is 6.19. The number of anilines is 1. The van der Waals surface area contributed by atoms with Crippen LogP contribution in [-0.4, -0.2) is 13.7 Å². The van der Waals surface area contributed by atoms with E-state index in [1.54, 1.807) is 13.2 Å². The first-order chi connectivity index (χ1) is 9.63. The van der Waals surface area contributed by atoms with Gasteiger partial charge in [0, 0.05) is 16.7 Å². The fourth-order valence-corrected chi connectivity index (χ4v) is 2.56. The van der Waals surface area contributed by atoms with Gasteiger partial charge in [0.25, 0.3) is 0 Å². The third-order valence-electron chi connectivity index (χ3n) is 3.00. The van der Waals surface area contributed by atoms with Gasteiger partial charge < -0.3 is 15.8 Å². The van der Waals surface area contributed by atoms with Crippen molar-refractivity contribution >= 4 is 21.6 Å². The molecule has 0 heterocycles. The molecular formula is C15H16BrFN2O. The van der Waals surface area contributed by atoms with Crippen molar-refractivity contribution in [2.45, 2.75) is 6.04 Å². The Bertz CT molecular complexity index is 575. The molecule has 2 rings (SSSR count). The molecule has 0 fully saturated rings. The van der Waals surface area contributed by atoms with Gasteiger partial charge in [-0.1, -0.05) is 22.0 Å². The van der Waals surface area contributed by atoms with E-state index in [1.807, 2.05) is 24.3 Å². The van der Waals surface area contributed by atoms with E-state index < -0.39 is 0 Å². The molecule has 0 amide bonds. The minimum absolute atomic E-state index is 0.0987. The van der Waals surface area contributed by atoms with Crippen LogP contribution in [-0.2, 0) is 0 Å². The van der Waals surface area contributed by atoms with Crippen molar-refractivity contribution in [1.82, 2.24) is 0 Å². The second-order valence-electron chi connectivity index (χ2n) is 4.33. The van der Waals surface area contributed by atoms with Crippen molar-refractivity contribution in [3.05, 3.63) is 58.3 Å². The largest absolute Gasteiger partial charge is 0.497 e. The zero-order chi connectivity index (χ0) is 14.5. The highest BCUT2D eigenvalue weighted by Gasteiger charge is 2.13.